The number of imide groups is 1. The predicted molar refractivity (Wildman–Crippen MR) is 91.9 cm³/mol. The van der Waals surface area contributed by atoms with Gasteiger partial charge in [0.25, 0.3) is 11.8 Å². The lowest BCUT2D eigenvalue weighted by molar-refractivity contribution is -0.137. The summed E-state index contributed by atoms with van der Waals surface area (Å²) in [5.41, 5.74) is -1.05. The second kappa shape index (κ2) is 6.66. The van der Waals surface area contributed by atoms with Crippen LogP contribution in [-0.4, -0.2) is 11.8 Å². The van der Waals surface area contributed by atoms with Crippen LogP contribution in [0.2, 0.25) is 5.02 Å². The highest BCUT2D eigenvalue weighted by Crippen LogP contribution is 2.35. The Labute approximate surface area is 155 Å². The summed E-state index contributed by atoms with van der Waals surface area (Å²) in [4.78, 5) is 25.5. The van der Waals surface area contributed by atoms with Crippen molar-refractivity contribution in [3.05, 3.63) is 69.8 Å². The number of rotatable bonds is 3. The number of amides is 2. The van der Waals surface area contributed by atoms with Crippen LogP contribution >= 0.6 is 23.2 Å². The van der Waals surface area contributed by atoms with Crippen molar-refractivity contribution in [3.8, 4) is 0 Å². The van der Waals surface area contributed by atoms with Crippen molar-refractivity contribution < 1.29 is 22.8 Å². The highest BCUT2D eigenvalue weighted by molar-refractivity contribution is 6.53. The van der Waals surface area contributed by atoms with E-state index in [0.29, 0.717) is 21.7 Å². The molecule has 1 heterocycles. The lowest BCUT2D eigenvalue weighted by atomic mass is 10.2. The van der Waals surface area contributed by atoms with E-state index >= 15 is 0 Å². The predicted octanol–water partition coefficient (Wildman–Crippen LogP) is 4.79. The molecule has 0 unspecified atom stereocenters. The third-order valence-electron chi connectivity index (χ3n) is 3.55. The number of nitrogens with zero attached hydrogens (tertiary/aromatic N) is 1. The molecule has 1 aliphatic heterocycles. The molecule has 0 fully saturated rings. The van der Waals surface area contributed by atoms with E-state index in [1.165, 1.54) is 12.1 Å². The molecule has 0 spiro atoms. The average molecular weight is 401 g/mol. The van der Waals surface area contributed by atoms with Crippen LogP contribution in [-0.2, 0) is 15.8 Å². The van der Waals surface area contributed by atoms with Gasteiger partial charge < -0.3 is 5.32 Å². The third-order valence-corrected chi connectivity index (χ3v) is 4.14. The Morgan fingerprint density at radius 3 is 2.27 bits per heavy atom. The molecule has 134 valence electrons. The Kier molecular flexibility index (Phi) is 4.68. The van der Waals surface area contributed by atoms with Crippen LogP contribution in [0.3, 0.4) is 0 Å². The topological polar surface area (TPSA) is 49.4 Å². The maximum Gasteiger partial charge on any atom is 0.416 e. The van der Waals surface area contributed by atoms with Crippen LogP contribution in [0.4, 0.5) is 24.5 Å². The van der Waals surface area contributed by atoms with E-state index in [9.17, 15) is 22.8 Å². The fourth-order valence-corrected chi connectivity index (χ4v) is 2.78. The second-order valence-electron chi connectivity index (χ2n) is 5.32. The SMILES string of the molecule is O=C1C(Cl)=C(Nc2cccc(Cl)c2)C(=O)N1c1cccc(C(F)(F)F)c1. The fraction of sp³-hybridized carbons (Fsp3) is 0.0588. The van der Waals surface area contributed by atoms with Crippen LogP contribution in [0, 0.1) is 0 Å². The third kappa shape index (κ3) is 3.40. The zero-order chi connectivity index (χ0) is 19.1. The summed E-state index contributed by atoms with van der Waals surface area (Å²) in [6, 6.07) is 10.2. The van der Waals surface area contributed by atoms with Gasteiger partial charge in [-0.15, -0.1) is 0 Å². The molecule has 0 bridgehead atoms. The molecule has 0 radical (unpaired) electrons. The largest absolute Gasteiger partial charge is 0.416 e. The van der Waals surface area contributed by atoms with Crippen molar-refractivity contribution >= 4 is 46.4 Å². The van der Waals surface area contributed by atoms with Gasteiger partial charge in [0, 0.05) is 10.7 Å². The number of carbonyl (C=O) groups excluding carboxylic acids is 2. The lowest BCUT2D eigenvalue weighted by Gasteiger charge is -2.17. The summed E-state index contributed by atoms with van der Waals surface area (Å²) in [5.74, 6) is -1.78. The van der Waals surface area contributed by atoms with E-state index < -0.39 is 28.6 Å². The Balaban J connectivity index is 1.94. The highest BCUT2D eigenvalue weighted by Gasteiger charge is 2.40. The van der Waals surface area contributed by atoms with Crippen LogP contribution in [0.25, 0.3) is 0 Å². The zero-order valence-corrected chi connectivity index (χ0v) is 14.3. The van der Waals surface area contributed by atoms with Crippen LogP contribution in [0.5, 0.6) is 0 Å². The fourth-order valence-electron chi connectivity index (χ4n) is 2.38. The van der Waals surface area contributed by atoms with Crippen molar-refractivity contribution in [2.24, 2.45) is 0 Å². The van der Waals surface area contributed by atoms with Gasteiger partial charge in [0.2, 0.25) is 0 Å². The minimum Gasteiger partial charge on any atom is -0.350 e. The first kappa shape index (κ1) is 18.3. The molecule has 2 amide bonds. The standard InChI is InChI=1S/C17H9Cl2F3N2O2/c18-10-4-2-5-11(8-10)23-14-13(19)15(25)24(16(14)26)12-6-1-3-9(7-12)17(20,21)22/h1-8,23H. The quantitative estimate of drug-likeness (QED) is 0.753. The summed E-state index contributed by atoms with van der Waals surface area (Å²) < 4.78 is 38.6. The molecule has 0 saturated carbocycles. The van der Waals surface area contributed by atoms with E-state index in [-0.39, 0.29) is 11.4 Å². The highest BCUT2D eigenvalue weighted by atomic mass is 35.5. The average Bonchev–Trinajstić information content (AvgIpc) is 2.78. The van der Waals surface area contributed by atoms with Crippen molar-refractivity contribution in [3.63, 3.8) is 0 Å². The van der Waals surface area contributed by atoms with Gasteiger partial charge in [-0.1, -0.05) is 35.3 Å². The van der Waals surface area contributed by atoms with Crippen LogP contribution in [0.15, 0.2) is 59.3 Å². The van der Waals surface area contributed by atoms with Crippen molar-refractivity contribution in [1.29, 1.82) is 0 Å². The van der Waals surface area contributed by atoms with Gasteiger partial charge in [-0.05, 0) is 36.4 Å². The van der Waals surface area contributed by atoms with Gasteiger partial charge >= 0.3 is 6.18 Å². The molecular formula is C17H9Cl2F3N2O2. The summed E-state index contributed by atoms with van der Waals surface area (Å²) in [6.45, 7) is 0. The number of nitrogens with one attached hydrogen (secondary N) is 1. The summed E-state index contributed by atoms with van der Waals surface area (Å²) in [6.07, 6.45) is -4.61. The molecule has 0 saturated heterocycles. The zero-order valence-electron chi connectivity index (χ0n) is 12.8. The molecule has 1 N–H and O–H groups in total. The molecule has 4 nitrogen and oxygen atoms in total. The first-order chi connectivity index (χ1) is 12.2. The molecule has 2 aromatic carbocycles. The van der Waals surface area contributed by atoms with Gasteiger partial charge in [-0.2, -0.15) is 13.2 Å². The van der Waals surface area contributed by atoms with Crippen LogP contribution < -0.4 is 10.2 Å². The summed E-state index contributed by atoms with van der Waals surface area (Å²) >= 11 is 11.8. The van der Waals surface area contributed by atoms with Gasteiger partial charge in [0.15, 0.2) is 0 Å². The number of anilines is 2. The maximum absolute atomic E-state index is 12.9. The Bertz CT molecular complexity index is 942. The molecule has 0 aliphatic carbocycles. The van der Waals surface area contributed by atoms with E-state index in [0.717, 1.165) is 12.1 Å². The maximum atomic E-state index is 12.9. The van der Waals surface area contributed by atoms with E-state index in [2.05, 4.69) is 5.32 Å². The van der Waals surface area contributed by atoms with E-state index in [4.69, 9.17) is 23.2 Å². The number of hydrogen-bond donors (Lipinski definition) is 1. The smallest absolute Gasteiger partial charge is 0.350 e. The van der Waals surface area contributed by atoms with Gasteiger partial charge in [0.1, 0.15) is 10.7 Å². The molecular weight excluding hydrogens is 392 g/mol. The molecule has 3 rings (SSSR count). The van der Waals surface area contributed by atoms with Crippen molar-refractivity contribution in [1.82, 2.24) is 0 Å². The van der Waals surface area contributed by atoms with Crippen molar-refractivity contribution in [2.45, 2.75) is 6.18 Å². The van der Waals surface area contributed by atoms with Gasteiger partial charge in [-0.3, -0.25) is 9.59 Å². The molecule has 2 aromatic rings. The van der Waals surface area contributed by atoms with Crippen molar-refractivity contribution in [2.75, 3.05) is 10.2 Å². The normalized spacial score (nSPS) is 15.0. The number of alkyl halides is 3. The molecule has 0 aromatic heterocycles. The Hall–Kier alpha value is -2.51. The van der Waals surface area contributed by atoms with E-state index in [1.54, 1.807) is 18.2 Å². The summed E-state index contributed by atoms with van der Waals surface area (Å²) in [5, 5.41) is 2.65. The number of hydrogen-bond acceptors (Lipinski definition) is 3. The minimum atomic E-state index is -4.61. The van der Waals surface area contributed by atoms with Gasteiger partial charge in [0.05, 0.1) is 11.3 Å². The lowest BCUT2D eigenvalue weighted by Crippen LogP contribution is -2.32. The minimum absolute atomic E-state index is 0.226. The molecule has 9 heteroatoms. The monoisotopic (exact) mass is 400 g/mol. The molecule has 1 aliphatic rings. The Morgan fingerprint density at radius 1 is 0.923 bits per heavy atom. The number of benzene rings is 2. The summed E-state index contributed by atoms with van der Waals surface area (Å²) in [7, 11) is 0. The van der Waals surface area contributed by atoms with Crippen LogP contribution in [0.1, 0.15) is 5.56 Å². The number of carbonyl (C=O) groups is 2. The molecule has 26 heavy (non-hydrogen) atoms. The van der Waals surface area contributed by atoms with E-state index in [1.807, 2.05) is 0 Å². The second-order valence-corrected chi connectivity index (χ2v) is 6.13. The number of halogens is 5. The first-order valence-electron chi connectivity index (χ1n) is 7.17. The van der Waals surface area contributed by atoms with Gasteiger partial charge in [-0.25, -0.2) is 4.90 Å². The first-order valence-corrected chi connectivity index (χ1v) is 7.92. The molecule has 0 atom stereocenters. The Morgan fingerprint density at radius 2 is 1.62 bits per heavy atom.